The predicted molar refractivity (Wildman–Crippen MR) is 199 cm³/mol. The van der Waals surface area contributed by atoms with Crippen molar-refractivity contribution in [2.75, 3.05) is 50.9 Å². The quantitative estimate of drug-likeness (QED) is 0.386. The predicted octanol–water partition coefficient (Wildman–Crippen LogP) is 5.59. The number of rotatable bonds is 3. The molecule has 52 heavy (non-hydrogen) atoms. The van der Waals surface area contributed by atoms with Gasteiger partial charge in [-0.15, -0.1) is 0 Å². The monoisotopic (exact) mass is 754 g/mol. The van der Waals surface area contributed by atoms with Crippen LogP contribution in [-0.4, -0.2) is 89.0 Å². The number of alkyl carbamates (subject to hydrolysis) is 1. The number of sulfonamides is 1. The number of benzene rings is 2. The minimum absolute atomic E-state index is 0.00182. The second-order valence-corrected chi connectivity index (χ2v) is 17.7. The van der Waals surface area contributed by atoms with Crippen LogP contribution in [0.2, 0.25) is 5.02 Å². The van der Waals surface area contributed by atoms with Gasteiger partial charge in [0.2, 0.25) is 0 Å². The molecule has 13 heteroatoms. The first-order valence-corrected chi connectivity index (χ1v) is 20.6. The maximum Gasteiger partial charge on any atom is 0.407 e. The highest BCUT2D eigenvalue weighted by Crippen LogP contribution is 2.47. The summed E-state index contributed by atoms with van der Waals surface area (Å²) in [6, 6.07) is 11.0. The molecular formula is C39H51ClN4O7S. The minimum Gasteiger partial charge on any atom is -0.490 e. The lowest BCUT2D eigenvalue weighted by Gasteiger charge is -2.46. The van der Waals surface area contributed by atoms with Crippen LogP contribution in [0.25, 0.3) is 0 Å². The van der Waals surface area contributed by atoms with Crippen molar-refractivity contribution in [1.29, 1.82) is 0 Å². The zero-order valence-corrected chi connectivity index (χ0v) is 31.9. The first-order valence-electron chi connectivity index (χ1n) is 18.7. The van der Waals surface area contributed by atoms with Crippen LogP contribution in [0.1, 0.15) is 70.4 Å². The van der Waals surface area contributed by atoms with E-state index in [0.717, 1.165) is 44.9 Å². The third kappa shape index (κ3) is 7.41. The molecule has 4 atom stereocenters. The lowest BCUT2D eigenvalue weighted by atomic mass is 9.68. The summed E-state index contributed by atoms with van der Waals surface area (Å²) >= 11 is 6.46. The molecular weight excluding hydrogens is 704 g/mol. The highest BCUT2D eigenvalue weighted by atomic mass is 35.5. The van der Waals surface area contributed by atoms with E-state index in [0.29, 0.717) is 62.5 Å². The number of anilines is 1. The molecule has 0 unspecified atom stereocenters. The van der Waals surface area contributed by atoms with E-state index in [4.69, 9.17) is 25.8 Å². The Morgan fingerprint density at radius 3 is 2.67 bits per heavy atom. The highest BCUT2D eigenvalue weighted by Gasteiger charge is 2.45. The topological polar surface area (TPSA) is 127 Å². The van der Waals surface area contributed by atoms with Gasteiger partial charge in [0.25, 0.3) is 15.9 Å². The van der Waals surface area contributed by atoms with Gasteiger partial charge >= 0.3 is 6.09 Å². The normalized spacial score (nSPS) is 29.7. The molecule has 2 aliphatic carbocycles. The van der Waals surface area contributed by atoms with Gasteiger partial charge in [-0.25, -0.2) is 17.9 Å². The first kappa shape index (κ1) is 37.0. The van der Waals surface area contributed by atoms with E-state index in [1.165, 1.54) is 17.2 Å². The average molecular weight is 755 g/mol. The molecule has 3 heterocycles. The van der Waals surface area contributed by atoms with Gasteiger partial charge in [-0.1, -0.05) is 30.7 Å². The van der Waals surface area contributed by atoms with Crippen molar-refractivity contribution in [3.8, 4) is 5.75 Å². The van der Waals surface area contributed by atoms with Crippen LogP contribution in [0.5, 0.6) is 5.75 Å². The first-order chi connectivity index (χ1) is 24.9. The van der Waals surface area contributed by atoms with Gasteiger partial charge in [0.1, 0.15) is 11.9 Å². The molecule has 5 aliphatic rings. The van der Waals surface area contributed by atoms with E-state index in [1.807, 2.05) is 30.0 Å². The maximum absolute atomic E-state index is 13.9. The number of ether oxygens (including phenoxy) is 3. The van der Waals surface area contributed by atoms with Crippen molar-refractivity contribution in [2.45, 2.75) is 93.7 Å². The third-order valence-corrected chi connectivity index (χ3v) is 13.6. The number of hydrogen-bond donors (Lipinski definition) is 2. The van der Waals surface area contributed by atoms with E-state index in [1.54, 1.807) is 26.0 Å². The number of halogens is 1. The van der Waals surface area contributed by atoms with Crippen molar-refractivity contribution in [2.24, 2.45) is 11.8 Å². The van der Waals surface area contributed by atoms with Crippen molar-refractivity contribution in [3.63, 3.8) is 0 Å². The zero-order valence-electron chi connectivity index (χ0n) is 30.4. The Hall–Kier alpha value is -3.32. The summed E-state index contributed by atoms with van der Waals surface area (Å²) in [5, 5.41) is 3.77. The van der Waals surface area contributed by atoms with E-state index in [-0.39, 0.29) is 28.2 Å². The Labute approximate surface area is 312 Å². The summed E-state index contributed by atoms with van der Waals surface area (Å²) in [4.78, 5) is 31.3. The van der Waals surface area contributed by atoms with Gasteiger partial charge in [-0.05, 0) is 119 Å². The van der Waals surface area contributed by atoms with E-state index >= 15 is 0 Å². The van der Waals surface area contributed by atoms with Gasteiger partial charge in [-0.2, -0.15) is 0 Å². The summed E-state index contributed by atoms with van der Waals surface area (Å²) in [5.74, 6) is 0.176. The fraction of sp³-hybridized carbons (Fsp3) is 0.590. The molecule has 11 nitrogen and oxygen atoms in total. The number of likely N-dealkylation sites (N-methyl/N-ethyl adjacent to an activating group) is 1. The summed E-state index contributed by atoms with van der Waals surface area (Å²) < 4.78 is 48.4. The number of carbonyl (C=O) groups is 2. The Balaban J connectivity index is 1.27. The van der Waals surface area contributed by atoms with Crippen molar-refractivity contribution in [3.05, 3.63) is 64.7 Å². The molecule has 2 fully saturated rings. The van der Waals surface area contributed by atoms with Crippen LogP contribution in [0.15, 0.2) is 53.4 Å². The smallest absolute Gasteiger partial charge is 0.407 e. The summed E-state index contributed by atoms with van der Waals surface area (Å²) in [7, 11) is -4.22. The Morgan fingerprint density at radius 2 is 1.92 bits per heavy atom. The summed E-state index contributed by atoms with van der Waals surface area (Å²) in [5.41, 5.74) is 1.59. The number of nitrogens with zero attached hydrogens (tertiary/aromatic N) is 2. The van der Waals surface area contributed by atoms with Crippen LogP contribution < -0.4 is 19.7 Å². The third-order valence-electron chi connectivity index (χ3n) is 12.1. The lowest BCUT2D eigenvalue weighted by Crippen LogP contribution is -2.56. The molecule has 0 radical (unpaired) electrons. The fourth-order valence-electron chi connectivity index (χ4n) is 8.76. The van der Waals surface area contributed by atoms with Crippen LogP contribution in [-0.2, 0) is 36.1 Å². The largest absolute Gasteiger partial charge is 0.490 e. The standard InChI is InChI=1S/C39H51ClN4O7S/c1-4-44-18-6-8-34(51-37(46)41-29-15-19-49-20-16-29)31-12-9-27(31)23-43-24-39(17-5-7-26-21-28(40)10-13-32(26)39)25-50-35-14-11-30(22-33(35)43)52(47,48)42-36(45)38(44,2)3/h6,8,10-11,13-14,21-22,27,29,31,34H,4-5,7,9,12,15-20,23-25H2,1-3H3,(H,41,46)(H,42,45)/b8-6+/t27-,31+,34-,39-/m0/s1. The van der Waals surface area contributed by atoms with Crippen LogP contribution >= 0.6 is 11.6 Å². The molecule has 2 aromatic carbocycles. The second-order valence-electron chi connectivity index (χ2n) is 15.6. The van der Waals surface area contributed by atoms with Crippen LogP contribution in [0.4, 0.5) is 10.5 Å². The Kier molecular flexibility index (Phi) is 10.6. The van der Waals surface area contributed by atoms with E-state index < -0.39 is 33.7 Å². The number of amides is 2. The van der Waals surface area contributed by atoms with Gasteiger partial charge in [0, 0.05) is 55.2 Å². The molecule has 282 valence electrons. The number of hydrogen-bond acceptors (Lipinski definition) is 9. The number of nitrogens with one attached hydrogen (secondary N) is 2. The summed E-state index contributed by atoms with van der Waals surface area (Å²) in [6.07, 6.45) is 9.12. The number of carbonyl (C=O) groups excluding carboxylic acids is 2. The molecule has 2 amide bonds. The molecule has 1 spiro atoms. The van der Waals surface area contributed by atoms with Crippen LogP contribution in [0.3, 0.4) is 0 Å². The van der Waals surface area contributed by atoms with Crippen molar-refractivity contribution >= 4 is 39.3 Å². The lowest BCUT2D eigenvalue weighted by molar-refractivity contribution is -0.129. The molecule has 2 bridgehead atoms. The van der Waals surface area contributed by atoms with Gasteiger partial charge < -0.3 is 24.4 Å². The molecule has 2 N–H and O–H groups in total. The van der Waals surface area contributed by atoms with Gasteiger partial charge in [-0.3, -0.25) is 9.69 Å². The Bertz CT molecular complexity index is 1810. The van der Waals surface area contributed by atoms with Crippen molar-refractivity contribution < 1.29 is 32.2 Å². The molecule has 2 aromatic rings. The molecule has 7 rings (SSSR count). The molecule has 1 saturated carbocycles. The minimum atomic E-state index is -4.22. The van der Waals surface area contributed by atoms with Gasteiger partial charge in [0.05, 0.1) is 22.7 Å². The van der Waals surface area contributed by atoms with Crippen LogP contribution in [0, 0.1) is 11.8 Å². The summed E-state index contributed by atoms with van der Waals surface area (Å²) in [6.45, 7) is 9.11. The Morgan fingerprint density at radius 1 is 1.12 bits per heavy atom. The molecule has 0 aromatic heterocycles. The highest BCUT2D eigenvalue weighted by molar-refractivity contribution is 7.90. The number of fused-ring (bicyclic) bond motifs is 4. The molecule has 1 saturated heterocycles. The number of aryl methyl sites for hydroxylation is 1. The molecule has 3 aliphatic heterocycles. The van der Waals surface area contributed by atoms with Crippen molar-refractivity contribution in [1.82, 2.24) is 14.9 Å². The van der Waals surface area contributed by atoms with E-state index in [2.05, 4.69) is 27.1 Å². The fourth-order valence-corrected chi connectivity index (χ4v) is 10.1. The van der Waals surface area contributed by atoms with E-state index in [9.17, 15) is 18.0 Å². The second kappa shape index (κ2) is 14.8. The zero-order chi connectivity index (χ0) is 36.7. The maximum atomic E-state index is 13.9. The van der Waals surface area contributed by atoms with Gasteiger partial charge in [0.15, 0.2) is 0 Å². The SMILES string of the molecule is CCN1C/C=C/[C@H](OC(=O)NC2CCOCC2)[C@@H]2CC[C@H]2CN2C[C@@]3(CCCc4cc(Cl)ccc43)COc3ccc(cc32)S(=O)(=O)NC(=O)C1(C)C. The average Bonchev–Trinajstić information content (AvgIpc) is 3.25.